The van der Waals surface area contributed by atoms with Gasteiger partial charge in [-0.25, -0.2) is 0 Å². The van der Waals surface area contributed by atoms with Crippen LogP contribution in [-0.4, -0.2) is 11.5 Å². The zero-order valence-electron chi connectivity index (χ0n) is 11.5. The van der Waals surface area contributed by atoms with Gasteiger partial charge >= 0.3 is 0 Å². The Morgan fingerprint density at radius 3 is 2.84 bits per heavy atom. The molecule has 1 aliphatic rings. The Morgan fingerprint density at radius 2 is 2.16 bits per heavy atom. The molecule has 0 saturated heterocycles. The van der Waals surface area contributed by atoms with Gasteiger partial charge in [0.15, 0.2) is 0 Å². The second-order valence-corrected chi connectivity index (χ2v) is 5.77. The number of aromatic nitrogens is 1. The van der Waals surface area contributed by atoms with E-state index in [1.807, 2.05) is 6.07 Å². The molecular formula is C16H19ClN2. The van der Waals surface area contributed by atoms with Crippen LogP contribution in [0.3, 0.4) is 0 Å². The van der Waals surface area contributed by atoms with E-state index in [0.717, 1.165) is 29.1 Å². The van der Waals surface area contributed by atoms with Crippen LogP contribution in [0, 0.1) is 6.92 Å². The highest BCUT2D eigenvalue weighted by Crippen LogP contribution is 2.41. The van der Waals surface area contributed by atoms with Crippen LogP contribution < -0.4 is 5.32 Å². The zero-order chi connectivity index (χ0) is 13.4. The SMILES string of the molecule is CCCNc1cc(C2CC2)nc2c(C)c(Cl)ccc12. The number of hydrogen-bond donors (Lipinski definition) is 1. The lowest BCUT2D eigenvalue weighted by Crippen LogP contribution is -2.03. The fourth-order valence-corrected chi connectivity index (χ4v) is 2.57. The molecule has 1 heterocycles. The van der Waals surface area contributed by atoms with Gasteiger partial charge in [0.1, 0.15) is 0 Å². The third-order valence-corrected chi connectivity index (χ3v) is 4.16. The van der Waals surface area contributed by atoms with Crippen LogP contribution in [0.25, 0.3) is 10.9 Å². The lowest BCUT2D eigenvalue weighted by Gasteiger charge is -2.13. The van der Waals surface area contributed by atoms with E-state index in [-0.39, 0.29) is 0 Å². The van der Waals surface area contributed by atoms with E-state index >= 15 is 0 Å². The molecule has 1 saturated carbocycles. The van der Waals surface area contributed by atoms with Crippen molar-refractivity contribution < 1.29 is 0 Å². The van der Waals surface area contributed by atoms with E-state index in [0.29, 0.717) is 5.92 Å². The largest absolute Gasteiger partial charge is 0.384 e. The molecule has 0 radical (unpaired) electrons. The van der Waals surface area contributed by atoms with Crippen LogP contribution in [-0.2, 0) is 0 Å². The van der Waals surface area contributed by atoms with Crippen molar-refractivity contribution in [2.24, 2.45) is 0 Å². The molecule has 1 N–H and O–H groups in total. The topological polar surface area (TPSA) is 24.9 Å². The van der Waals surface area contributed by atoms with Crippen LogP contribution in [0.15, 0.2) is 18.2 Å². The van der Waals surface area contributed by atoms with Crippen molar-refractivity contribution in [3.63, 3.8) is 0 Å². The molecule has 0 atom stereocenters. The number of nitrogens with one attached hydrogen (secondary N) is 1. The Bertz CT molecular complexity index is 618. The van der Waals surface area contributed by atoms with E-state index in [4.69, 9.17) is 16.6 Å². The van der Waals surface area contributed by atoms with Crippen molar-refractivity contribution in [3.05, 3.63) is 34.5 Å². The standard InChI is InChI=1S/C16H19ClN2/c1-3-8-18-15-9-14(11-4-5-11)19-16-10(2)13(17)7-6-12(15)16/h6-7,9,11H,3-5,8H2,1-2H3,(H,18,19). The van der Waals surface area contributed by atoms with E-state index in [2.05, 4.69) is 31.3 Å². The molecule has 3 heteroatoms. The maximum atomic E-state index is 6.23. The van der Waals surface area contributed by atoms with Gasteiger partial charge in [0, 0.05) is 34.3 Å². The summed E-state index contributed by atoms with van der Waals surface area (Å²) in [6.07, 6.45) is 3.66. The molecule has 1 aliphatic carbocycles. The first-order valence-corrected chi connectivity index (χ1v) is 7.42. The Hall–Kier alpha value is -1.28. The van der Waals surface area contributed by atoms with E-state index in [1.165, 1.54) is 29.6 Å². The molecule has 0 unspecified atom stereocenters. The third kappa shape index (κ3) is 2.42. The van der Waals surface area contributed by atoms with Crippen molar-refractivity contribution in [1.29, 1.82) is 0 Å². The molecule has 19 heavy (non-hydrogen) atoms. The molecule has 0 bridgehead atoms. The summed E-state index contributed by atoms with van der Waals surface area (Å²) < 4.78 is 0. The smallest absolute Gasteiger partial charge is 0.0770 e. The number of anilines is 1. The molecule has 1 fully saturated rings. The summed E-state index contributed by atoms with van der Waals surface area (Å²) in [5.41, 5.74) is 4.56. The van der Waals surface area contributed by atoms with Crippen LogP contribution >= 0.6 is 11.6 Å². The summed E-state index contributed by atoms with van der Waals surface area (Å²) in [6.45, 7) is 5.23. The summed E-state index contributed by atoms with van der Waals surface area (Å²) in [7, 11) is 0. The summed E-state index contributed by atoms with van der Waals surface area (Å²) in [5.74, 6) is 0.657. The molecule has 0 amide bonds. The molecular weight excluding hydrogens is 256 g/mol. The molecule has 100 valence electrons. The number of halogens is 1. The molecule has 1 aromatic heterocycles. The summed E-state index contributed by atoms with van der Waals surface area (Å²) in [4.78, 5) is 4.84. The Morgan fingerprint density at radius 1 is 1.37 bits per heavy atom. The number of aryl methyl sites for hydroxylation is 1. The fourth-order valence-electron chi connectivity index (χ4n) is 2.42. The highest BCUT2D eigenvalue weighted by molar-refractivity contribution is 6.32. The molecule has 3 rings (SSSR count). The normalized spacial score (nSPS) is 14.9. The maximum Gasteiger partial charge on any atom is 0.0770 e. The molecule has 0 spiro atoms. The third-order valence-electron chi connectivity index (χ3n) is 3.75. The first kappa shape index (κ1) is 12.7. The summed E-state index contributed by atoms with van der Waals surface area (Å²) in [6, 6.07) is 6.27. The quantitative estimate of drug-likeness (QED) is 0.858. The number of pyridine rings is 1. The highest BCUT2D eigenvalue weighted by Gasteiger charge is 2.26. The number of hydrogen-bond acceptors (Lipinski definition) is 2. The van der Waals surface area contributed by atoms with Gasteiger partial charge in [-0.3, -0.25) is 4.98 Å². The summed E-state index contributed by atoms with van der Waals surface area (Å²) in [5, 5.41) is 5.50. The molecule has 2 aromatic rings. The van der Waals surface area contributed by atoms with Crippen molar-refractivity contribution in [3.8, 4) is 0 Å². The van der Waals surface area contributed by atoms with Crippen molar-refractivity contribution in [2.45, 2.75) is 39.0 Å². The van der Waals surface area contributed by atoms with Crippen molar-refractivity contribution in [1.82, 2.24) is 4.98 Å². The molecule has 2 nitrogen and oxygen atoms in total. The highest BCUT2D eigenvalue weighted by atomic mass is 35.5. The van der Waals surface area contributed by atoms with Crippen molar-refractivity contribution >= 4 is 28.2 Å². The number of rotatable bonds is 4. The number of benzene rings is 1. The van der Waals surface area contributed by atoms with Crippen LogP contribution in [0.1, 0.15) is 43.4 Å². The van der Waals surface area contributed by atoms with Gasteiger partial charge in [0.2, 0.25) is 0 Å². The van der Waals surface area contributed by atoms with Gasteiger partial charge in [-0.05, 0) is 49.9 Å². The lowest BCUT2D eigenvalue weighted by molar-refractivity contribution is 0.976. The monoisotopic (exact) mass is 274 g/mol. The van der Waals surface area contributed by atoms with Crippen molar-refractivity contribution in [2.75, 3.05) is 11.9 Å². The van der Waals surface area contributed by atoms with Gasteiger partial charge in [0.25, 0.3) is 0 Å². The number of nitrogens with zero attached hydrogens (tertiary/aromatic N) is 1. The minimum absolute atomic E-state index is 0.657. The van der Waals surface area contributed by atoms with Gasteiger partial charge in [0.05, 0.1) is 5.52 Å². The van der Waals surface area contributed by atoms with Gasteiger partial charge < -0.3 is 5.32 Å². The van der Waals surface area contributed by atoms with Crippen LogP contribution in [0.4, 0.5) is 5.69 Å². The summed E-state index contributed by atoms with van der Waals surface area (Å²) >= 11 is 6.23. The second kappa shape index (κ2) is 5.01. The predicted octanol–water partition coefficient (Wildman–Crippen LogP) is 4.90. The average molecular weight is 275 g/mol. The van der Waals surface area contributed by atoms with E-state index in [9.17, 15) is 0 Å². The first-order valence-electron chi connectivity index (χ1n) is 7.04. The minimum atomic E-state index is 0.657. The Labute approximate surface area is 119 Å². The molecule has 0 aliphatic heterocycles. The first-order chi connectivity index (χ1) is 9.20. The predicted molar refractivity (Wildman–Crippen MR) is 82.2 cm³/mol. The fraction of sp³-hybridized carbons (Fsp3) is 0.438. The molecule has 1 aromatic carbocycles. The van der Waals surface area contributed by atoms with Gasteiger partial charge in [-0.2, -0.15) is 0 Å². The lowest BCUT2D eigenvalue weighted by atomic mass is 10.1. The van der Waals surface area contributed by atoms with Crippen LogP contribution in [0.5, 0.6) is 0 Å². The second-order valence-electron chi connectivity index (χ2n) is 5.36. The van der Waals surface area contributed by atoms with E-state index in [1.54, 1.807) is 0 Å². The minimum Gasteiger partial charge on any atom is -0.384 e. The average Bonchev–Trinajstić information content (AvgIpc) is 3.24. The maximum absolute atomic E-state index is 6.23. The number of fused-ring (bicyclic) bond motifs is 1. The van der Waals surface area contributed by atoms with Gasteiger partial charge in [-0.1, -0.05) is 18.5 Å². The van der Waals surface area contributed by atoms with Gasteiger partial charge in [-0.15, -0.1) is 0 Å². The van der Waals surface area contributed by atoms with Crippen LogP contribution in [0.2, 0.25) is 5.02 Å². The Balaban J connectivity index is 2.17. The van der Waals surface area contributed by atoms with E-state index < -0.39 is 0 Å². The Kier molecular flexibility index (Phi) is 3.36. The zero-order valence-corrected chi connectivity index (χ0v) is 12.2.